The summed E-state index contributed by atoms with van der Waals surface area (Å²) in [5.41, 5.74) is 3.96. The summed E-state index contributed by atoms with van der Waals surface area (Å²) in [4.78, 5) is 19.3. The van der Waals surface area contributed by atoms with Gasteiger partial charge in [-0.15, -0.1) is 0 Å². The van der Waals surface area contributed by atoms with Crippen LogP contribution in [0.2, 0.25) is 10.0 Å². The van der Waals surface area contributed by atoms with Crippen molar-refractivity contribution in [1.82, 2.24) is 9.88 Å². The Labute approximate surface area is 202 Å². The molecule has 32 heavy (non-hydrogen) atoms. The number of rotatable bonds is 7. The lowest BCUT2D eigenvalue weighted by Crippen LogP contribution is -2.32. The molecule has 1 aliphatic heterocycles. The van der Waals surface area contributed by atoms with Crippen molar-refractivity contribution in [2.75, 3.05) is 29.9 Å². The van der Waals surface area contributed by atoms with Gasteiger partial charge in [-0.25, -0.2) is 4.98 Å². The lowest BCUT2D eigenvalue weighted by Gasteiger charge is -2.27. The quantitative estimate of drug-likeness (QED) is 0.435. The molecule has 3 aromatic rings. The molecule has 4 rings (SSSR count). The second-order valence-corrected chi connectivity index (χ2v) is 9.84. The van der Waals surface area contributed by atoms with Crippen LogP contribution >= 0.6 is 35.0 Å². The van der Waals surface area contributed by atoms with Crippen molar-refractivity contribution in [3.63, 3.8) is 0 Å². The molecule has 2 heterocycles. The highest BCUT2D eigenvalue weighted by molar-refractivity contribution is 7.99. The number of nitrogens with one attached hydrogen (secondary N) is 1. The van der Waals surface area contributed by atoms with Gasteiger partial charge in [-0.1, -0.05) is 35.3 Å². The third-order valence-corrected chi connectivity index (χ3v) is 7.02. The molecule has 2 aromatic carbocycles. The number of nitrogens with zero attached hydrogens (tertiary/aromatic N) is 2. The molecule has 1 amide bonds. The number of oxazole rings is 1. The molecule has 1 N–H and O–H groups in total. The minimum Gasteiger partial charge on any atom is -0.441 e. The van der Waals surface area contributed by atoms with Crippen molar-refractivity contribution in [3.05, 3.63) is 69.7 Å². The molecule has 1 saturated heterocycles. The van der Waals surface area contributed by atoms with E-state index >= 15 is 0 Å². The molecule has 1 aliphatic rings. The number of carbonyl (C=O) groups is 1. The number of carbonyl (C=O) groups excluding carboxylic acids is 1. The van der Waals surface area contributed by atoms with E-state index in [2.05, 4.69) is 28.2 Å². The number of hydrogen-bond donors (Lipinski definition) is 1. The van der Waals surface area contributed by atoms with Gasteiger partial charge in [0.15, 0.2) is 11.7 Å². The maximum Gasteiger partial charge on any atom is 0.224 e. The van der Waals surface area contributed by atoms with Crippen molar-refractivity contribution in [2.24, 2.45) is 0 Å². The number of thioether (sulfide) groups is 1. The Balaban J connectivity index is 1.34. The monoisotopic (exact) mass is 489 g/mol. The number of hydrogen-bond acceptors (Lipinski definition) is 5. The highest BCUT2D eigenvalue weighted by Gasteiger charge is 2.15. The van der Waals surface area contributed by atoms with Gasteiger partial charge in [0.1, 0.15) is 0 Å². The van der Waals surface area contributed by atoms with Gasteiger partial charge in [0, 0.05) is 60.3 Å². The maximum absolute atomic E-state index is 12.6. The number of benzene rings is 2. The van der Waals surface area contributed by atoms with Crippen LogP contribution in [0.25, 0.3) is 11.3 Å². The Bertz CT molecular complexity index is 1100. The van der Waals surface area contributed by atoms with E-state index in [1.807, 2.05) is 23.9 Å². The minimum atomic E-state index is -0.0658. The zero-order valence-corrected chi connectivity index (χ0v) is 20.2. The summed E-state index contributed by atoms with van der Waals surface area (Å²) < 4.78 is 5.79. The molecule has 8 heteroatoms. The molecular formula is C24H25Cl2N3O2S. The topological polar surface area (TPSA) is 58.4 Å². The van der Waals surface area contributed by atoms with Crippen LogP contribution in [-0.4, -0.2) is 40.4 Å². The fourth-order valence-corrected chi connectivity index (χ4v) is 5.14. The summed E-state index contributed by atoms with van der Waals surface area (Å²) in [5.74, 6) is 3.35. The van der Waals surface area contributed by atoms with Crippen LogP contribution in [0.4, 0.5) is 5.69 Å². The average molecular weight is 490 g/mol. The molecule has 1 aromatic heterocycles. The van der Waals surface area contributed by atoms with E-state index in [0.717, 1.165) is 36.4 Å². The normalized spacial score (nSPS) is 14.5. The first-order valence-electron chi connectivity index (χ1n) is 10.6. The zero-order chi connectivity index (χ0) is 22.5. The van der Waals surface area contributed by atoms with Gasteiger partial charge in [-0.3, -0.25) is 9.69 Å². The summed E-state index contributed by atoms with van der Waals surface area (Å²) in [5, 5.41) is 4.10. The highest BCUT2D eigenvalue weighted by Crippen LogP contribution is 2.31. The van der Waals surface area contributed by atoms with Crippen LogP contribution < -0.4 is 5.32 Å². The van der Waals surface area contributed by atoms with E-state index in [1.54, 1.807) is 24.4 Å². The third-order valence-electron chi connectivity index (χ3n) is 5.53. The Hall–Kier alpha value is -1.99. The van der Waals surface area contributed by atoms with Gasteiger partial charge >= 0.3 is 0 Å². The molecule has 1 fully saturated rings. The van der Waals surface area contributed by atoms with Crippen LogP contribution in [0.3, 0.4) is 0 Å². The minimum absolute atomic E-state index is 0.0658. The van der Waals surface area contributed by atoms with Gasteiger partial charge < -0.3 is 9.73 Å². The van der Waals surface area contributed by atoms with Gasteiger partial charge in [0.2, 0.25) is 5.91 Å². The molecule has 5 nitrogen and oxygen atoms in total. The van der Waals surface area contributed by atoms with Crippen LogP contribution in [0.5, 0.6) is 0 Å². The van der Waals surface area contributed by atoms with Gasteiger partial charge in [0.25, 0.3) is 0 Å². The molecule has 0 aliphatic carbocycles. The number of halogens is 2. The number of aryl methyl sites for hydroxylation is 1. The van der Waals surface area contributed by atoms with Crippen molar-refractivity contribution in [3.8, 4) is 11.3 Å². The SMILES string of the molecule is Cc1c(CN2CCSCC2)cccc1NC(=O)CCc1ncc(-c2ccc(Cl)cc2Cl)o1. The van der Waals surface area contributed by atoms with Crippen molar-refractivity contribution in [1.29, 1.82) is 0 Å². The van der Waals surface area contributed by atoms with Gasteiger partial charge in [0.05, 0.1) is 11.2 Å². The summed E-state index contributed by atoms with van der Waals surface area (Å²) >= 11 is 14.2. The third kappa shape index (κ3) is 5.87. The average Bonchev–Trinajstić information content (AvgIpc) is 3.24. The van der Waals surface area contributed by atoms with Crippen molar-refractivity contribution < 1.29 is 9.21 Å². The van der Waals surface area contributed by atoms with E-state index in [-0.39, 0.29) is 12.3 Å². The Morgan fingerprint density at radius 2 is 2.03 bits per heavy atom. The predicted molar refractivity (Wildman–Crippen MR) is 133 cm³/mol. The smallest absolute Gasteiger partial charge is 0.224 e. The largest absolute Gasteiger partial charge is 0.441 e. The standard InChI is InChI=1S/C24H25Cl2N3O2S/c1-16-17(15-29-9-11-32-12-10-29)3-2-4-21(16)28-23(30)7-8-24-27-14-22(31-24)19-6-5-18(25)13-20(19)26/h2-6,13-14H,7-12,15H2,1H3,(H,28,30). The molecule has 0 bridgehead atoms. The van der Waals surface area contributed by atoms with Crippen molar-refractivity contribution >= 4 is 46.6 Å². The lowest BCUT2D eigenvalue weighted by atomic mass is 10.1. The van der Waals surface area contributed by atoms with Crippen LogP contribution in [-0.2, 0) is 17.8 Å². The molecule has 0 radical (unpaired) electrons. The fourth-order valence-electron chi connectivity index (χ4n) is 3.66. The van der Waals surface area contributed by atoms with Crippen LogP contribution in [0.15, 0.2) is 47.0 Å². The first-order valence-corrected chi connectivity index (χ1v) is 12.5. The maximum atomic E-state index is 12.6. The summed E-state index contributed by atoms with van der Waals surface area (Å²) in [6, 6.07) is 11.3. The first kappa shape index (κ1) is 23.2. The van der Waals surface area contributed by atoms with Crippen LogP contribution in [0.1, 0.15) is 23.4 Å². The Kier molecular flexibility index (Phi) is 7.79. The van der Waals surface area contributed by atoms with Gasteiger partial charge in [-0.2, -0.15) is 11.8 Å². The van der Waals surface area contributed by atoms with E-state index in [4.69, 9.17) is 27.6 Å². The van der Waals surface area contributed by atoms with E-state index in [1.165, 1.54) is 17.1 Å². The van der Waals surface area contributed by atoms with E-state index < -0.39 is 0 Å². The van der Waals surface area contributed by atoms with E-state index in [9.17, 15) is 4.79 Å². The molecule has 0 saturated carbocycles. The summed E-state index contributed by atoms with van der Waals surface area (Å²) in [6.45, 7) is 5.21. The van der Waals surface area contributed by atoms with E-state index in [0.29, 0.717) is 28.1 Å². The predicted octanol–water partition coefficient (Wildman–Crippen LogP) is 6.08. The second kappa shape index (κ2) is 10.8. The highest BCUT2D eigenvalue weighted by atomic mass is 35.5. The lowest BCUT2D eigenvalue weighted by molar-refractivity contribution is -0.116. The summed E-state index contributed by atoms with van der Waals surface area (Å²) in [6.07, 6.45) is 2.30. The first-order chi connectivity index (χ1) is 15.5. The van der Waals surface area contributed by atoms with Crippen molar-refractivity contribution in [2.45, 2.75) is 26.3 Å². The Morgan fingerprint density at radius 3 is 2.81 bits per heavy atom. The fraction of sp³-hybridized carbons (Fsp3) is 0.333. The number of aromatic nitrogens is 1. The molecular weight excluding hydrogens is 465 g/mol. The van der Waals surface area contributed by atoms with Gasteiger partial charge in [-0.05, 0) is 42.3 Å². The molecule has 0 atom stereocenters. The number of anilines is 1. The number of amides is 1. The second-order valence-electron chi connectivity index (χ2n) is 7.77. The molecule has 0 unspecified atom stereocenters. The van der Waals surface area contributed by atoms with Crippen LogP contribution in [0, 0.1) is 6.92 Å². The summed E-state index contributed by atoms with van der Waals surface area (Å²) in [7, 11) is 0. The molecule has 168 valence electrons. The molecule has 0 spiro atoms. The zero-order valence-electron chi connectivity index (χ0n) is 17.9. The Morgan fingerprint density at radius 1 is 1.22 bits per heavy atom.